The van der Waals surface area contributed by atoms with Crippen molar-refractivity contribution in [3.05, 3.63) is 98.6 Å². The SMILES string of the molecule is CC1=C(NC=O)C(c2ccc([N+](=O)[O-])cc2)C(N(C=O)CCCN2CCC(C#N)(c3ccccc3)CC2)=C(C)N1. The van der Waals surface area contributed by atoms with E-state index in [-0.39, 0.29) is 5.69 Å². The van der Waals surface area contributed by atoms with Crippen molar-refractivity contribution in [3.63, 3.8) is 0 Å². The van der Waals surface area contributed by atoms with Crippen molar-refractivity contribution in [1.82, 2.24) is 20.4 Å². The summed E-state index contributed by atoms with van der Waals surface area (Å²) in [6.45, 7) is 6.54. The molecule has 1 saturated heterocycles. The Bertz CT molecular complexity index is 1340. The Morgan fingerprint density at radius 3 is 2.38 bits per heavy atom. The number of hydrogen-bond donors (Lipinski definition) is 2. The fraction of sp³-hybridized carbons (Fsp3) is 0.367. The first-order chi connectivity index (χ1) is 19.3. The van der Waals surface area contributed by atoms with Crippen LogP contribution in [0.25, 0.3) is 0 Å². The number of carbonyl (C=O) groups is 2. The number of likely N-dealkylation sites (tertiary alicyclic amines) is 1. The summed E-state index contributed by atoms with van der Waals surface area (Å²) in [4.78, 5) is 38.6. The minimum atomic E-state index is -0.491. The lowest BCUT2D eigenvalue weighted by Gasteiger charge is -2.38. The van der Waals surface area contributed by atoms with Gasteiger partial charge in [-0.25, -0.2) is 0 Å². The molecule has 1 unspecified atom stereocenters. The van der Waals surface area contributed by atoms with Crippen LogP contribution in [0.4, 0.5) is 5.69 Å². The molecule has 2 aromatic rings. The number of nitriles is 1. The molecule has 0 aliphatic carbocycles. The van der Waals surface area contributed by atoms with Crippen molar-refractivity contribution >= 4 is 18.5 Å². The molecule has 0 aromatic heterocycles. The maximum atomic E-state index is 12.4. The van der Waals surface area contributed by atoms with E-state index in [4.69, 9.17) is 0 Å². The average Bonchev–Trinajstić information content (AvgIpc) is 2.98. The molecule has 0 spiro atoms. The number of carbonyl (C=O) groups excluding carboxylic acids is 2. The van der Waals surface area contributed by atoms with Gasteiger partial charge < -0.3 is 20.4 Å². The molecule has 2 aliphatic rings. The van der Waals surface area contributed by atoms with Crippen LogP contribution in [-0.4, -0.2) is 53.7 Å². The van der Waals surface area contributed by atoms with Crippen LogP contribution >= 0.6 is 0 Å². The minimum Gasteiger partial charge on any atom is -0.360 e. The van der Waals surface area contributed by atoms with Gasteiger partial charge in [-0.15, -0.1) is 0 Å². The van der Waals surface area contributed by atoms with Crippen molar-refractivity contribution in [3.8, 4) is 6.07 Å². The summed E-state index contributed by atoms with van der Waals surface area (Å²) >= 11 is 0. The smallest absolute Gasteiger partial charge is 0.269 e. The fourth-order valence-electron chi connectivity index (χ4n) is 5.81. The van der Waals surface area contributed by atoms with E-state index in [0.29, 0.717) is 30.8 Å². The van der Waals surface area contributed by atoms with Gasteiger partial charge in [0.2, 0.25) is 12.8 Å². The molecule has 10 heteroatoms. The predicted octanol–water partition coefficient (Wildman–Crippen LogP) is 3.90. The molecule has 0 saturated carbocycles. The highest BCUT2D eigenvalue weighted by atomic mass is 16.6. The highest BCUT2D eigenvalue weighted by molar-refractivity contribution is 5.60. The third-order valence-electron chi connectivity index (χ3n) is 7.94. The normalized spacial score (nSPS) is 18.9. The molecule has 1 fully saturated rings. The summed E-state index contributed by atoms with van der Waals surface area (Å²) in [5.74, 6) is -0.491. The second-order valence-corrected chi connectivity index (χ2v) is 10.3. The van der Waals surface area contributed by atoms with Gasteiger partial charge in [0.15, 0.2) is 0 Å². The van der Waals surface area contributed by atoms with Gasteiger partial charge in [-0.05, 0) is 63.9 Å². The van der Waals surface area contributed by atoms with Crippen LogP contribution in [0.1, 0.15) is 50.2 Å². The molecule has 40 heavy (non-hydrogen) atoms. The van der Waals surface area contributed by atoms with E-state index >= 15 is 0 Å². The molecule has 0 bridgehead atoms. The third-order valence-corrected chi connectivity index (χ3v) is 7.94. The number of allylic oxidation sites excluding steroid dienone is 2. The zero-order chi connectivity index (χ0) is 28.7. The number of benzene rings is 2. The molecule has 2 aliphatic heterocycles. The van der Waals surface area contributed by atoms with Crippen molar-refractivity contribution in [2.24, 2.45) is 0 Å². The van der Waals surface area contributed by atoms with E-state index in [1.165, 1.54) is 12.1 Å². The lowest BCUT2D eigenvalue weighted by atomic mass is 9.74. The Balaban J connectivity index is 1.47. The van der Waals surface area contributed by atoms with Gasteiger partial charge in [0.05, 0.1) is 33.7 Å². The largest absolute Gasteiger partial charge is 0.360 e. The van der Waals surface area contributed by atoms with Crippen LogP contribution < -0.4 is 10.6 Å². The standard InChI is InChI=1S/C30H34N6O4/c1-22-28(32-20-37)27(24-9-11-26(12-10-24)36(39)40)29(23(2)33-22)35(21-38)16-6-15-34-17-13-30(19-31,14-18-34)25-7-4-3-5-8-25/h3-5,7-12,20-21,27,33H,6,13-18H2,1-2H3,(H,32,37). The molecular formula is C30H34N6O4. The van der Waals surface area contributed by atoms with Crippen LogP contribution in [0.3, 0.4) is 0 Å². The minimum absolute atomic E-state index is 0.0352. The molecular weight excluding hydrogens is 508 g/mol. The highest BCUT2D eigenvalue weighted by Gasteiger charge is 2.36. The van der Waals surface area contributed by atoms with E-state index < -0.39 is 16.3 Å². The molecule has 2 amide bonds. The van der Waals surface area contributed by atoms with Crippen LogP contribution in [0.2, 0.25) is 0 Å². The lowest BCUT2D eigenvalue weighted by molar-refractivity contribution is -0.384. The lowest BCUT2D eigenvalue weighted by Crippen LogP contribution is -2.43. The van der Waals surface area contributed by atoms with Crippen LogP contribution in [0.5, 0.6) is 0 Å². The number of nitro groups is 1. The van der Waals surface area contributed by atoms with E-state index in [9.17, 15) is 25.0 Å². The Labute approximate surface area is 234 Å². The maximum absolute atomic E-state index is 12.4. The summed E-state index contributed by atoms with van der Waals surface area (Å²) in [5, 5.41) is 27.2. The summed E-state index contributed by atoms with van der Waals surface area (Å²) in [6.07, 6.45) is 3.62. The van der Waals surface area contributed by atoms with Crippen LogP contribution in [0, 0.1) is 21.4 Å². The molecule has 2 aromatic carbocycles. The monoisotopic (exact) mass is 542 g/mol. The van der Waals surface area contributed by atoms with Crippen molar-refractivity contribution in [1.29, 1.82) is 5.26 Å². The molecule has 4 rings (SSSR count). The zero-order valence-corrected chi connectivity index (χ0v) is 22.8. The van der Waals surface area contributed by atoms with Gasteiger partial charge in [0.25, 0.3) is 5.69 Å². The number of nitrogens with zero attached hydrogens (tertiary/aromatic N) is 4. The van der Waals surface area contributed by atoms with Crippen LogP contribution in [-0.2, 0) is 15.0 Å². The van der Waals surface area contributed by atoms with Gasteiger partial charge in [0, 0.05) is 30.1 Å². The maximum Gasteiger partial charge on any atom is 0.269 e. The Hall–Kier alpha value is -4.49. The topological polar surface area (TPSA) is 132 Å². The van der Waals surface area contributed by atoms with E-state index in [1.54, 1.807) is 17.0 Å². The molecule has 2 heterocycles. The van der Waals surface area contributed by atoms with Crippen LogP contribution in [0.15, 0.2) is 77.4 Å². The molecule has 208 valence electrons. The second kappa shape index (κ2) is 12.6. The van der Waals surface area contributed by atoms with Gasteiger partial charge in [-0.1, -0.05) is 42.5 Å². The zero-order valence-electron chi connectivity index (χ0n) is 22.8. The summed E-state index contributed by atoms with van der Waals surface area (Å²) < 4.78 is 0. The predicted molar refractivity (Wildman–Crippen MR) is 150 cm³/mol. The van der Waals surface area contributed by atoms with Crippen molar-refractivity contribution in [2.45, 2.75) is 44.4 Å². The quantitative estimate of drug-likeness (QED) is 0.250. The number of nitrogens with one attached hydrogen (secondary N) is 2. The number of non-ortho nitro benzene ring substituents is 1. The van der Waals surface area contributed by atoms with E-state index in [0.717, 1.165) is 61.4 Å². The van der Waals surface area contributed by atoms with Gasteiger partial charge in [-0.3, -0.25) is 19.7 Å². The van der Waals surface area contributed by atoms with Gasteiger partial charge >= 0.3 is 0 Å². The third kappa shape index (κ3) is 5.90. The average molecular weight is 543 g/mol. The molecule has 2 N–H and O–H groups in total. The first kappa shape index (κ1) is 28.5. The fourth-order valence-corrected chi connectivity index (χ4v) is 5.81. The van der Waals surface area contributed by atoms with Crippen molar-refractivity contribution < 1.29 is 14.5 Å². The van der Waals surface area contributed by atoms with Gasteiger partial charge in [-0.2, -0.15) is 5.26 Å². The van der Waals surface area contributed by atoms with Gasteiger partial charge in [0.1, 0.15) is 0 Å². The molecule has 10 nitrogen and oxygen atoms in total. The number of nitro benzene ring substituents is 1. The first-order valence-electron chi connectivity index (χ1n) is 13.4. The second-order valence-electron chi connectivity index (χ2n) is 10.3. The van der Waals surface area contributed by atoms with E-state index in [1.807, 2.05) is 44.2 Å². The highest BCUT2D eigenvalue weighted by Crippen LogP contribution is 2.39. The number of amides is 2. The van der Waals surface area contributed by atoms with E-state index in [2.05, 4.69) is 21.6 Å². The van der Waals surface area contributed by atoms with Crippen molar-refractivity contribution in [2.75, 3.05) is 26.2 Å². The Morgan fingerprint density at radius 1 is 1.12 bits per heavy atom. The Kier molecular flexibility index (Phi) is 8.97. The number of rotatable bonds is 11. The first-order valence-corrected chi connectivity index (χ1v) is 13.4. The summed E-state index contributed by atoms with van der Waals surface area (Å²) in [5.41, 5.74) is 4.06. The Morgan fingerprint density at radius 2 is 1.80 bits per heavy atom. The summed E-state index contributed by atoms with van der Waals surface area (Å²) in [7, 11) is 0. The summed E-state index contributed by atoms with van der Waals surface area (Å²) in [6, 6.07) is 18.7. The molecule has 0 radical (unpaired) electrons. The number of hydrogen-bond acceptors (Lipinski definition) is 7. The molecule has 1 atom stereocenters. The number of piperidine rings is 1. The number of dihydropyridines is 1.